The quantitative estimate of drug-likeness (QED) is 0.192. The van der Waals surface area contributed by atoms with E-state index in [4.69, 9.17) is 4.42 Å². The van der Waals surface area contributed by atoms with Gasteiger partial charge in [0.15, 0.2) is 0 Å². The minimum atomic E-state index is 0.895. The highest BCUT2D eigenvalue weighted by molar-refractivity contribution is 6.26. The molecule has 0 saturated heterocycles. The highest BCUT2D eigenvalue weighted by Crippen LogP contribution is 2.45. The van der Waals surface area contributed by atoms with Crippen molar-refractivity contribution in [1.82, 2.24) is 9.13 Å². The highest BCUT2D eigenvalue weighted by Gasteiger charge is 2.23. The van der Waals surface area contributed by atoms with Gasteiger partial charge in [0.25, 0.3) is 0 Å². The van der Waals surface area contributed by atoms with Gasteiger partial charge in [-0.1, -0.05) is 121 Å². The molecule has 0 spiro atoms. The van der Waals surface area contributed by atoms with E-state index in [1.807, 2.05) is 0 Å². The minimum Gasteiger partial charge on any atom is -0.455 e. The van der Waals surface area contributed by atoms with Gasteiger partial charge in [-0.05, 0) is 65.0 Å². The van der Waals surface area contributed by atoms with Crippen LogP contribution in [0.2, 0.25) is 0 Å². The molecule has 0 atom stereocenters. The van der Waals surface area contributed by atoms with Crippen LogP contribution < -0.4 is 0 Å². The molecule has 3 heteroatoms. The van der Waals surface area contributed by atoms with Crippen LogP contribution in [0, 0.1) is 0 Å². The van der Waals surface area contributed by atoms with Crippen LogP contribution in [-0.4, -0.2) is 9.13 Å². The first-order valence-corrected chi connectivity index (χ1v) is 16.8. The van der Waals surface area contributed by atoms with E-state index < -0.39 is 0 Å². The van der Waals surface area contributed by atoms with E-state index >= 15 is 0 Å². The lowest BCUT2D eigenvalue weighted by Gasteiger charge is -2.15. The zero-order chi connectivity index (χ0) is 32.1. The van der Waals surface area contributed by atoms with Gasteiger partial charge in [-0.2, -0.15) is 0 Å². The Labute approximate surface area is 281 Å². The Hall–Kier alpha value is -6.58. The highest BCUT2D eigenvalue weighted by atomic mass is 16.3. The topological polar surface area (TPSA) is 23.0 Å². The number of furan rings is 1. The predicted octanol–water partition coefficient (Wildman–Crippen LogP) is 12.6. The lowest BCUT2D eigenvalue weighted by molar-refractivity contribution is 0.673. The second-order valence-corrected chi connectivity index (χ2v) is 12.9. The predicted molar refractivity (Wildman–Crippen MR) is 205 cm³/mol. The first-order chi connectivity index (χ1) is 24.3. The van der Waals surface area contributed by atoms with E-state index in [9.17, 15) is 0 Å². The summed E-state index contributed by atoms with van der Waals surface area (Å²) in [6.07, 6.45) is 0. The number of rotatable bonds is 3. The second kappa shape index (κ2) is 9.96. The van der Waals surface area contributed by atoms with Crippen molar-refractivity contribution in [3.05, 3.63) is 170 Å². The Morgan fingerprint density at radius 2 is 1.02 bits per heavy atom. The van der Waals surface area contributed by atoms with Gasteiger partial charge in [-0.25, -0.2) is 0 Å². The van der Waals surface area contributed by atoms with Crippen molar-refractivity contribution >= 4 is 76.3 Å². The molecule has 11 rings (SSSR count). The largest absolute Gasteiger partial charge is 0.455 e. The lowest BCUT2D eigenvalue weighted by atomic mass is 10.0. The van der Waals surface area contributed by atoms with Crippen LogP contribution in [0.1, 0.15) is 0 Å². The summed E-state index contributed by atoms with van der Waals surface area (Å²) < 4.78 is 11.8. The van der Waals surface area contributed by atoms with Crippen molar-refractivity contribution in [3.8, 4) is 22.5 Å². The van der Waals surface area contributed by atoms with Crippen molar-refractivity contribution in [1.29, 1.82) is 0 Å². The standard InChI is InChI=1S/C46H28N2O/c1-2-12-29(13-3-1)31-24-27-43-37(28-31)35-25-26-41-44(46(35)49-43)36-19-11-23-42(45(36)48(41)38-22-10-15-30-14-4-5-16-32(30)38)47-39-20-8-6-17-33(39)34-18-7-9-21-40(34)47/h1-28H. The summed E-state index contributed by atoms with van der Waals surface area (Å²) in [5, 5.41) is 9.45. The molecule has 49 heavy (non-hydrogen) atoms. The molecule has 11 aromatic rings. The molecule has 0 bridgehead atoms. The molecule has 228 valence electrons. The van der Waals surface area contributed by atoms with Crippen molar-refractivity contribution in [3.63, 3.8) is 0 Å². The molecule has 8 aromatic carbocycles. The van der Waals surface area contributed by atoms with Gasteiger partial charge in [0.05, 0.1) is 38.8 Å². The van der Waals surface area contributed by atoms with Gasteiger partial charge < -0.3 is 13.6 Å². The van der Waals surface area contributed by atoms with Crippen LogP contribution in [0.25, 0.3) is 98.8 Å². The summed E-state index contributed by atoms with van der Waals surface area (Å²) in [5.41, 5.74) is 11.1. The molecule has 0 radical (unpaired) electrons. The number of fused-ring (bicyclic) bond motifs is 11. The monoisotopic (exact) mass is 624 g/mol. The number of benzene rings is 8. The van der Waals surface area contributed by atoms with Gasteiger partial charge in [0.2, 0.25) is 0 Å². The normalized spacial score (nSPS) is 12.1. The molecule has 0 aliphatic heterocycles. The molecule has 0 saturated carbocycles. The second-order valence-electron chi connectivity index (χ2n) is 12.9. The van der Waals surface area contributed by atoms with Gasteiger partial charge in [0, 0.05) is 32.3 Å². The van der Waals surface area contributed by atoms with E-state index in [1.54, 1.807) is 0 Å². The minimum absolute atomic E-state index is 0.895. The average Bonchev–Trinajstić information content (AvgIpc) is 3.82. The zero-order valence-corrected chi connectivity index (χ0v) is 26.5. The summed E-state index contributed by atoms with van der Waals surface area (Å²) in [4.78, 5) is 0. The van der Waals surface area contributed by atoms with Gasteiger partial charge in [0.1, 0.15) is 11.2 Å². The first-order valence-electron chi connectivity index (χ1n) is 16.8. The number of aromatic nitrogens is 2. The van der Waals surface area contributed by atoms with Crippen molar-refractivity contribution in [2.45, 2.75) is 0 Å². The molecule has 0 fully saturated rings. The zero-order valence-electron chi connectivity index (χ0n) is 26.5. The molecular weight excluding hydrogens is 597 g/mol. The van der Waals surface area contributed by atoms with Crippen molar-refractivity contribution in [2.24, 2.45) is 0 Å². The number of hydrogen-bond acceptors (Lipinski definition) is 1. The Morgan fingerprint density at radius 3 is 1.84 bits per heavy atom. The molecule has 0 aliphatic rings. The summed E-state index contributed by atoms with van der Waals surface area (Å²) in [5.74, 6) is 0. The lowest BCUT2D eigenvalue weighted by Crippen LogP contribution is -2.01. The maximum absolute atomic E-state index is 6.85. The molecular formula is C46H28N2O. The van der Waals surface area contributed by atoms with Crippen molar-refractivity contribution < 1.29 is 4.42 Å². The van der Waals surface area contributed by atoms with E-state index in [0.29, 0.717) is 0 Å². The van der Waals surface area contributed by atoms with Crippen LogP contribution in [0.15, 0.2) is 174 Å². The summed E-state index contributed by atoms with van der Waals surface area (Å²) in [6, 6.07) is 61.2. The van der Waals surface area contributed by atoms with Gasteiger partial charge >= 0.3 is 0 Å². The van der Waals surface area contributed by atoms with Crippen molar-refractivity contribution in [2.75, 3.05) is 0 Å². The van der Waals surface area contributed by atoms with E-state index in [2.05, 4.69) is 179 Å². The third-order valence-corrected chi connectivity index (χ3v) is 10.3. The maximum atomic E-state index is 6.85. The first kappa shape index (κ1) is 26.5. The fraction of sp³-hybridized carbons (Fsp3) is 0. The van der Waals surface area contributed by atoms with Crippen LogP contribution in [0.5, 0.6) is 0 Å². The van der Waals surface area contributed by atoms with E-state index in [0.717, 1.165) is 55.1 Å². The third-order valence-electron chi connectivity index (χ3n) is 10.3. The van der Waals surface area contributed by atoms with E-state index in [-0.39, 0.29) is 0 Å². The molecule has 0 unspecified atom stereocenters. The molecule has 0 aliphatic carbocycles. The summed E-state index contributed by atoms with van der Waals surface area (Å²) in [7, 11) is 0. The van der Waals surface area contributed by atoms with Crippen LogP contribution >= 0.6 is 0 Å². The summed E-state index contributed by atoms with van der Waals surface area (Å²) >= 11 is 0. The van der Waals surface area contributed by atoms with Crippen LogP contribution in [-0.2, 0) is 0 Å². The number of hydrogen-bond donors (Lipinski definition) is 0. The van der Waals surface area contributed by atoms with Gasteiger partial charge in [-0.15, -0.1) is 0 Å². The Kier molecular flexibility index (Phi) is 5.38. The summed E-state index contributed by atoms with van der Waals surface area (Å²) in [6.45, 7) is 0. The number of para-hydroxylation sites is 3. The third kappa shape index (κ3) is 3.67. The average molecular weight is 625 g/mol. The SMILES string of the molecule is c1ccc(-c2ccc3oc4c(ccc5c4c4cccc(-n6c7ccccc7c7ccccc76)c4n5-c4cccc5ccccc45)c3c2)cc1. The smallest absolute Gasteiger partial charge is 0.145 e. The maximum Gasteiger partial charge on any atom is 0.145 e. The molecule has 0 N–H and O–H groups in total. The molecule has 3 heterocycles. The number of nitrogens with zero attached hydrogens (tertiary/aromatic N) is 2. The fourth-order valence-corrected chi connectivity index (χ4v) is 8.19. The Balaban J connectivity index is 1.32. The molecule has 3 nitrogen and oxygen atoms in total. The fourth-order valence-electron chi connectivity index (χ4n) is 8.19. The molecule has 3 aromatic heterocycles. The van der Waals surface area contributed by atoms with E-state index in [1.165, 1.54) is 43.7 Å². The van der Waals surface area contributed by atoms with Gasteiger partial charge in [-0.3, -0.25) is 0 Å². The molecule has 0 amide bonds. The van der Waals surface area contributed by atoms with Crippen LogP contribution in [0.4, 0.5) is 0 Å². The Bertz CT molecular complexity index is 3040. The van der Waals surface area contributed by atoms with Crippen LogP contribution in [0.3, 0.4) is 0 Å². The Morgan fingerprint density at radius 1 is 0.367 bits per heavy atom.